The summed E-state index contributed by atoms with van der Waals surface area (Å²) >= 11 is 0. The van der Waals surface area contributed by atoms with Crippen molar-refractivity contribution >= 4 is 32.5 Å². The molecule has 1 N–H and O–H groups in total. The van der Waals surface area contributed by atoms with Gasteiger partial charge in [-0.2, -0.15) is 0 Å². The highest BCUT2D eigenvalue weighted by Gasteiger charge is 2.18. The Bertz CT molecular complexity index is 1080. The van der Waals surface area contributed by atoms with Crippen molar-refractivity contribution in [3.05, 3.63) is 42.0 Å². The number of nitrogens with one attached hydrogen (secondary N) is 1. The second kappa shape index (κ2) is 6.92. The van der Waals surface area contributed by atoms with Crippen molar-refractivity contribution in [1.29, 1.82) is 0 Å². The van der Waals surface area contributed by atoms with Gasteiger partial charge in [-0.1, -0.05) is 26.0 Å². The number of hydrogen-bond donors (Lipinski definition) is 1. The first-order valence-electron chi connectivity index (χ1n) is 8.39. The summed E-state index contributed by atoms with van der Waals surface area (Å²) in [6, 6.07) is 10.2. The molecule has 0 aliphatic rings. The Morgan fingerprint density at radius 2 is 1.96 bits per heavy atom. The van der Waals surface area contributed by atoms with Crippen LogP contribution in [-0.2, 0) is 14.6 Å². The molecule has 1 aromatic heterocycles. The van der Waals surface area contributed by atoms with Crippen molar-refractivity contribution in [1.82, 2.24) is 4.98 Å². The van der Waals surface area contributed by atoms with Crippen LogP contribution in [0, 0.1) is 6.92 Å². The Labute approximate surface area is 152 Å². The van der Waals surface area contributed by atoms with Gasteiger partial charge in [0.1, 0.15) is 5.52 Å². The minimum atomic E-state index is -3.32. The Morgan fingerprint density at radius 3 is 2.65 bits per heavy atom. The van der Waals surface area contributed by atoms with Crippen LogP contribution in [0.15, 0.2) is 45.7 Å². The average Bonchev–Trinajstić information content (AvgIpc) is 3.04. The van der Waals surface area contributed by atoms with Gasteiger partial charge in [-0.3, -0.25) is 4.79 Å². The van der Waals surface area contributed by atoms with E-state index < -0.39 is 9.84 Å². The van der Waals surface area contributed by atoms with E-state index in [0.29, 0.717) is 34.7 Å². The molecule has 0 aliphatic heterocycles. The number of hydrogen-bond acceptors (Lipinski definition) is 5. The smallest absolute Gasteiger partial charge is 0.229 e. The maximum Gasteiger partial charge on any atom is 0.229 e. The van der Waals surface area contributed by atoms with Crippen LogP contribution < -0.4 is 5.32 Å². The number of aromatic nitrogens is 1. The molecule has 136 valence electrons. The summed E-state index contributed by atoms with van der Waals surface area (Å²) in [4.78, 5) is 16.5. The first kappa shape index (κ1) is 18.1. The third-order valence-corrected chi connectivity index (χ3v) is 5.91. The first-order chi connectivity index (χ1) is 12.4. The minimum absolute atomic E-state index is 0.0220. The standard InChI is InChI=1S/C19H20N2O4S/c1-4-17(22)20-14-8-6-7-12(3)18(14)19-21-15-11-13(26(23,24)5-2)9-10-16(15)25-19/h6-11H,4-5H2,1-3H3,(H,20,22). The van der Waals surface area contributed by atoms with E-state index >= 15 is 0 Å². The molecule has 2 aromatic carbocycles. The summed E-state index contributed by atoms with van der Waals surface area (Å²) in [7, 11) is -3.32. The predicted octanol–water partition coefficient (Wildman–Crippen LogP) is 3.95. The molecule has 0 saturated heterocycles. The number of anilines is 1. The number of sulfone groups is 1. The molecule has 6 nitrogen and oxygen atoms in total. The van der Waals surface area contributed by atoms with Crippen molar-refractivity contribution < 1.29 is 17.6 Å². The number of benzene rings is 2. The average molecular weight is 372 g/mol. The Morgan fingerprint density at radius 1 is 1.19 bits per heavy atom. The van der Waals surface area contributed by atoms with Crippen LogP contribution in [0.2, 0.25) is 0 Å². The zero-order chi connectivity index (χ0) is 18.9. The zero-order valence-corrected chi connectivity index (χ0v) is 15.7. The summed E-state index contributed by atoms with van der Waals surface area (Å²) in [5, 5.41) is 2.85. The third kappa shape index (κ3) is 3.35. The molecule has 1 amide bonds. The van der Waals surface area contributed by atoms with Crippen molar-refractivity contribution in [3.63, 3.8) is 0 Å². The number of oxazole rings is 1. The number of aryl methyl sites for hydroxylation is 1. The highest BCUT2D eigenvalue weighted by Crippen LogP contribution is 2.33. The molecule has 3 rings (SSSR count). The fourth-order valence-corrected chi connectivity index (χ4v) is 3.57. The highest BCUT2D eigenvalue weighted by atomic mass is 32.2. The van der Waals surface area contributed by atoms with Crippen molar-refractivity contribution in [2.24, 2.45) is 0 Å². The molecule has 3 aromatic rings. The van der Waals surface area contributed by atoms with Gasteiger partial charge in [-0.25, -0.2) is 13.4 Å². The van der Waals surface area contributed by atoms with Gasteiger partial charge >= 0.3 is 0 Å². The van der Waals surface area contributed by atoms with Crippen LogP contribution in [-0.4, -0.2) is 25.1 Å². The summed E-state index contributed by atoms with van der Waals surface area (Å²) < 4.78 is 30.0. The monoisotopic (exact) mass is 372 g/mol. The largest absolute Gasteiger partial charge is 0.436 e. The molecule has 0 spiro atoms. The van der Waals surface area contributed by atoms with Gasteiger partial charge in [0.25, 0.3) is 0 Å². The predicted molar refractivity (Wildman–Crippen MR) is 101 cm³/mol. The maximum atomic E-state index is 12.1. The Kier molecular flexibility index (Phi) is 4.82. The van der Waals surface area contributed by atoms with Crippen LogP contribution in [0.3, 0.4) is 0 Å². The molecule has 26 heavy (non-hydrogen) atoms. The first-order valence-corrected chi connectivity index (χ1v) is 10.0. The highest BCUT2D eigenvalue weighted by molar-refractivity contribution is 7.91. The van der Waals surface area contributed by atoms with Gasteiger partial charge in [0.15, 0.2) is 15.4 Å². The van der Waals surface area contributed by atoms with Gasteiger partial charge in [-0.05, 0) is 36.8 Å². The molecule has 0 fully saturated rings. The van der Waals surface area contributed by atoms with Gasteiger partial charge in [0.05, 0.1) is 21.9 Å². The fourth-order valence-electron chi connectivity index (χ4n) is 2.67. The molecule has 0 radical (unpaired) electrons. The summed E-state index contributed by atoms with van der Waals surface area (Å²) in [6.45, 7) is 5.28. The van der Waals surface area contributed by atoms with Crippen molar-refractivity contribution in [2.45, 2.75) is 32.1 Å². The number of carbonyl (C=O) groups is 1. The van der Waals surface area contributed by atoms with Crippen molar-refractivity contribution in [2.75, 3.05) is 11.1 Å². The molecule has 0 unspecified atom stereocenters. The number of amides is 1. The van der Waals surface area contributed by atoms with Gasteiger partial charge in [0, 0.05) is 6.42 Å². The van der Waals surface area contributed by atoms with E-state index in [-0.39, 0.29) is 16.6 Å². The van der Waals surface area contributed by atoms with Crippen LogP contribution in [0.1, 0.15) is 25.8 Å². The lowest BCUT2D eigenvalue weighted by molar-refractivity contribution is -0.115. The number of nitrogens with zero attached hydrogens (tertiary/aromatic N) is 1. The summed E-state index contributed by atoms with van der Waals surface area (Å²) in [5.74, 6) is 0.258. The van der Waals surface area contributed by atoms with Crippen LogP contribution in [0.25, 0.3) is 22.6 Å². The van der Waals surface area contributed by atoms with Crippen LogP contribution in [0.5, 0.6) is 0 Å². The van der Waals surface area contributed by atoms with E-state index in [4.69, 9.17) is 4.42 Å². The fraction of sp³-hybridized carbons (Fsp3) is 0.263. The molecule has 1 heterocycles. The second-order valence-electron chi connectivity index (χ2n) is 5.95. The molecule has 7 heteroatoms. The quantitative estimate of drug-likeness (QED) is 0.732. The van der Waals surface area contributed by atoms with E-state index in [1.54, 1.807) is 26.0 Å². The molecule has 0 saturated carbocycles. The van der Waals surface area contributed by atoms with E-state index in [2.05, 4.69) is 10.3 Å². The lowest BCUT2D eigenvalue weighted by Gasteiger charge is -2.10. The molecular weight excluding hydrogens is 352 g/mol. The number of fused-ring (bicyclic) bond motifs is 1. The van der Waals surface area contributed by atoms with Crippen LogP contribution in [0.4, 0.5) is 5.69 Å². The Balaban J connectivity index is 2.13. The molecule has 0 bridgehead atoms. The van der Waals surface area contributed by atoms with Gasteiger partial charge < -0.3 is 9.73 Å². The second-order valence-corrected chi connectivity index (χ2v) is 8.23. The lowest BCUT2D eigenvalue weighted by atomic mass is 10.1. The number of carbonyl (C=O) groups excluding carboxylic acids is 1. The molecule has 0 atom stereocenters. The third-order valence-electron chi connectivity index (χ3n) is 4.18. The molecule has 0 aliphatic carbocycles. The van der Waals surface area contributed by atoms with Gasteiger partial charge in [0.2, 0.25) is 11.8 Å². The summed E-state index contributed by atoms with van der Waals surface area (Å²) in [5.41, 5.74) is 3.15. The Hall–Kier alpha value is -2.67. The topological polar surface area (TPSA) is 89.3 Å². The van der Waals surface area contributed by atoms with E-state index in [0.717, 1.165) is 5.56 Å². The van der Waals surface area contributed by atoms with Crippen LogP contribution >= 0.6 is 0 Å². The normalized spacial score (nSPS) is 11.7. The molecular formula is C19H20N2O4S. The zero-order valence-electron chi connectivity index (χ0n) is 14.9. The van der Waals surface area contributed by atoms with Gasteiger partial charge in [-0.15, -0.1) is 0 Å². The van der Waals surface area contributed by atoms with Crippen molar-refractivity contribution in [3.8, 4) is 11.5 Å². The maximum absolute atomic E-state index is 12.1. The minimum Gasteiger partial charge on any atom is -0.436 e. The summed E-state index contributed by atoms with van der Waals surface area (Å²) in [6.07, 6.45) is 0.360. The van der Waals surface area contributed by atoms with E-state index in [9.17, 15) is 13.2 Å². The lowest BCUT2D eigenvalue weighted by Crippen LogP contribution is -2.10. The van der Waals surface area contributed by atoms with E-state index in [1.165, 1.54) is 12.1 Å². The van der Waals surface area contributed by atoms with E-state index in [1.807, 2.05) is 19.1 Å². The SMILES string of the molecule is CCC(=O)Nc1cccc(C)c1-c1nc2cc(S(=O)(=O)CC)ccc2o1. The number of rotatable bonds is 5.